The van der Waals surface area contributed by atoms with Gasteiger partial charge in [-0.3, -0.25) is 0 Å². The molecule has 1 nitrogen and oxygen atoms in total. The van der Waals surface area contributed by atoms with Gasteiger partial charge in [0.1, 0.15) is 0 Å². The van der Waals surface area contributed by atoms with Crippen LogP contribution >= 0.6 is 11.8 Å². The third-order valence-corrected chi connectivity index (χ3v) is 3.97. The average Bonchev–Trinajstić information content (AvgIpc) is 2.00. The van der Waals surface area contributed by atoms with Crippen molar-refractivity contribution in [3.63, 3.8) is 0 Å². The third-order valence-electron chi connectivity index (χ3n) is 2.70. The highest BCUT2D eigenvalue weighted by atomic mass is 32.2. The maximum Gasteiger partial charge on any atom is 0.0843 e. The minimum atomic E-state index is -0.711. The number of hydrogen-bond donors (Lipinski definition) is 1. The van der Waals surface area contributed by atoms with Gasteiger partial charge in [-0.15, -0.1) is 0 Å². The Morgan fingerprint density at radius 2 is 1.93 bits per heavy atom. The number of aliphatic hydroxyl groups is 1. The van der Waals surface area contributed by atoms with Crippen LogP contribution in [0.5, 0.6) is 0 Å². The van der Waals surface area contributed by atoms with Gasteiger partial charge in [-0.05, 0) is 25.0 Å². The van der Waals surface area contributed by atoms with Crippen molar-refractivity contribution in [3.05, 3.63) is 35.4 Å². The van der Waals surface area contributed by atoms with Crippen LogP contribution in [0.1, 0.15) is 30.9 Å². The lowest BCUT2D eigenvalue weighted by Gasteiger charge is -2.31. The smallest absolute Gasteiger partial charge is 0.0843 e. The molecule has 0 unspecified atom stereocenters. The maximum atomic E-state index is 10.0. The standard InChI is InChI=1S/C12H16OS/c1-12(2,13)11-6-4-3-5-10(11)9-7-14-8-9/h3-6,9,13H,7-8H2,1-2H3. The molecule has 0 amide bonds. The van der Waals surface area contributed by atoms with Crippen molar-refractivity contribution in [1.29, 1.82) is 0 Å². The Labute approximate surface area is 89.5 Å². The van der Waals surface area contributed by atoms with Gasteiger partial charge >= 0.3 is 0 Å². The number of benzene rings is 1. The molecule has 0 atom stereocenters. The monoisotopic (exact) mass is 208 g/mol. The van der Waals surface area contributed by atoms with Gasteiger partial charge in [-0.2, -0.15) is 11.8 Å². The summed E-state index contributed by atoms with van der Waals surface area (Å²) in [5, 5.41) is 10.0. The third kappa shape index (κ3) is 1.82. The van der Waals surface area contributed by atoms with Crippen LogP contribution in [0.25, 0.3) is 0 Å². The molecule has 0 spiro atoms. The topological polar surface area (TPSA) is 20.2 Å². The second-order valence-electron chi connectivity index (χ2n) is 4.38. The summed E-state index contributed by atoms with van der Waals surface area (Å²) in [6.45, 7) is 3.72. The first-order valence-electron chi connectivity index (χ1n) is 4.98. The molecule has 1 fully saturated rings. The Bertz CT molecular complexity index is 323. The van der Waals surface area contributed by atoms with E-state index in [9.17, 15) is 5.11 Å². The summed E-state index contributed by atoms with van der Waals surface area (Å²) in [4.78, 5) is 0. The Hall–Kier alpha value is -0.470. The Kier molecular flexibility index (Phi) is 2.58. The van der Waals surface area contributed by atoms with Gasteiger partial charge in [0.15, 0.2) is 0 Å². The molecule has 14 heavy (non-hydrogen) atoms. The van der Waals surface area contributed by atoms with Gasteiger partial charge in [0, 0.05) is 17.4 Å². The van der Waals surface area contributed by atoms with E-state index in [0.717, 1.165) is 5.56 Å². The normalized spacial score (nSPS) is 17.9. The second-order valence-corrected chi connectivity index (χ2v) is 5.46. The SMILES string of the molecule is CC(C)(O)c1ccccc1C1CSC1. The first-order valence-corrected chi connectivity index (χ1v) is 6.14. The zero-order valence-corrected chi connectivity index (χ0v) is 9.47. The van der Waals surface area contributed by atoms with Gasteiger partial charge in [0.25, 0.3) is 0 Å². The van der Waals surface area contributed by atoms with Crippen molar-refractivity contribution in [3.8, 4) is 0 Å². The van der Waals surface area contributed by atoms with Crippen LogP contribution in [-0.4, -0.2) is 16.6 Å². The van der Waals surface area contributed by atoms with Crippen molar-refractivity contribution < 1.29 is 5.11 Å². The molecule has 76 valence electrons. The molecule has 1 aromatic rings. The summed E-state index contributed by atoms with van der Waals surface area (Å²) < 4.78 is 0. The molecule has 1 aromatic carbocycles. The second kappa shape index (κ2) is 3.59. The fourth-order valence-electron chi connectivity index (χ4n) is 1.83. The number of rotatable bonds is 2. The molecule has 2 heteroatoms. The van der Waals surface area contributed by atoms with E-state index in [-0.39, 0.29) is 0 Å². The van der Waals surface area contributed by atoms with Crippen LogP contribution in [0.3, 0.4) is 0 Å². The highest BCUT2D eigenvalue weighted by Gasteiger charge is 2.27. The predicted octanol–water partition coefficient (Wildman–Crippen LogP) is 2.74. The van der Waals surface area contributed by atoms with Gasteiger partial charge in [-0.25, -0.2) is 0 Å². The van der Waals surface area contributed by atoms with Crippen LogP contribution in [0.4, 0.5) is 0 Å². The minimum Gasteiger partial charge on any atom is -0.386 e. The first kappa shape index (κ1) is 10.1. The number of hydrogen-bond acceptors (Lipinski definition) is 2. The molecule has 0 bridgehead atoms. The van der Waals surface area contributed by atoms with E-state index < -0.39 is 5.60 Å². The summed E-state index contributed by atoms with van der Waals surface area (Å²) >= 11 is 1.98. The highest BCUT2D eigenvalue weighted by Crippen LogP contribution is 2.38. The van der Waals surface area contributed by atoms with E-state index in [1.807, 2.05) is 37.7 Å². The van der Waals surface area contributed by atoms with Gasteiger partial charge in [-0.1, -0.05) is 24.3 Å². The van der Waals surface area contributed by atoms with Crippen molar-refractivity contribution in [2.24, 2.45) is 0 Å². The highest BCUT2D eigenvalue weighted by molar-refractivity contribution is 8.00. The molecule has 0 aromatic heterocycles. The van der Waals surface area contributed by atoms with Crippen LogP contribution in [0.2, 0.25) is 0 Å². The molecule has 0 saturated carbocycles. The molecule has 0 aliphatic carbocycles. The molecule has 1 saturated heterocycles. The fraction of sp³-hybridized carbons (Fsp3) is 0.500. The van der Waals surface area contributed by atoms with Crippen molar-refractivity contribution in [2.45, 2.75) is 25.4 Å². The van der Waals surface area contributed by atoms with Crippen molar-refractivity contribution >= 4 is 11.8 Å². The van der Waals surface area contributed by atoms with E-state index in [1.165, 1.54) is 17.1 Å². The molecule has 1 aliphatic rings. The summed E-state index contributed by atoms with van der Waals surface area (Å²) in [6, 6.07) is 8.26. The van der Waals surface area contributed by atoms with Gasteiger partial charge in [0.05, 0.1) is 5.60 Å². The van der Waals surface area contributed by atoms with Crippen molar-refractivity contribution in [2.75, 3.05) is 11.5 Å². The predicted molar refractivity (Wildman–Crippen MR) is 61.8 cm³/mol. The lowest BCUT2D eigenvalue weighted by molar-refractivity contribution is 0.0773. The van der Waals surface area contributed by atoms with Crippen LogP contribution in [0.15, 0.2) is 24.3 Å². The molecular formula is C12H16OS. The summed E-state index contributed by atoms with van der Waals surface area (Å²) in [5.74, 6) is 3.06. The lowest BCUT2D eigenvalue weighted by Crippen LogP contribution is -2.23. The van der Waals surface area contributed by atoms with E-state index in [1.54, 1.807) is 0 Å². The summed E-state index contributed by atoms with van der Waals surface area (Å²) in [7, 11) is 0. The Morgan fingerprint density at radius 1 is 1.29 bits per heavy atom. The van der Waals surface area contributed by atoms with E-state index in [0.29, 0.717) is 5.92 Å². The molecule has 1 aliphatic heterocycles. The molecule has 1 N–H and O–H groups in total. The summed E-state index contributed by atoms with van der Waals surface area (Å²) in [5.41, 5.74) is 1.71. The van der Waals surface area contributed by atoms with E-state index in [4.69, 9.17) is 0 Å². The van der Waals surface area contributed by atoms with Crippen LogP contribution in [0, 0.1) is 0 Å². The zero-order chi connectivity index (χ0) is 10.2. The fourth-order valence-corrected chi connectivity index (χ4v) is 2.66. The summed E-state index contributed by atoms with van der Waals surface area (Å²) in [6.07, 6.45) is 0. The van der Waals surface area contributed by atoms with E-state index in [2.05, 4.69) is 12.1 Å². The molecule has 2 rings (SSSR count). The molecular weight excluding hydrogens is 192 g/mol. The maximum absolute atomic E-state index is 10.0. The molecule has 1 heterocycles. The number of thioether (sulfide) groups is 1. The van der Waals surface area contributed by atoms with Crippen molar-refractivity contribution in [1.82, 2.24) is 0 Å². The van der Waals surface area contributed by atoms with E-state index >= 15 is 0 Å². The lowest BCUT2D eigenvalue weighted by atomic mass is 9.87. The first-order chi connectivity index (χ1) is 6.59. The van der Waals surface area contributed by atoms with Gasteiger partial charge < -0.3 is 5.11 Å². The average molecular weight is 208 g/mol. The van der Waals surface area contributed by atoms with Gasteiger partial charge in [0.2, 0.25) is 0 Å². The van der Waals surface area contributed by atoms with Crippen LogP contribution in [-0.2, 0) is 5.60 Å². The quantitative estimate of drug-likeness (QED) is 0.806. The minimum absolute atomic E-state index is 0.655. The molecule has 0 radical (unpaired) electrons. The zero-order valence-electron chi connectivity index (χ0n) is 8.66. The Balaban J connectivity index is 2.38. The Morgan fingerprint density at radius 3 is 2.43 bits per heavy atom. The van der Waals surface area contributed by atoms with Crippen LogP contribution < -0.4 is 0 Å². The largest absolute Gasteiger partial charge is 0.386 e.